The van der Waals surface area contributed by atoms with Crippen LogP contribution in [0.2, 0.25) is 5.02 Å². The maximum Gasteiger partial charge on any atom is 0.0748 e. The second kappa shape index (κ2) is 5.64. The van der Waals surface area contributed by atoms with Gasteiger partial charge in [0.25, 0.3) is 0 Å². The van der Waals surface area contributed by atoms with E-state index in [4.69, 9.17) is 11.6 Å². The SMILES string of the molecule is CC(O)C(c1ccc(Cl)cc1)N(C)N(C)C. The number of aliphatic hydroxyl groups is 1. The zero-order chi connectivity index (χ0) is 12.3. The van der Waals surface area contributed by atoms with Crippen molar-refractivity contribution >= 4 is 11.6 Å². The number of hydrazine groups is 1. The molecule has 0 radical (unpaired) electrons. The standard InChI is InChI=1S/C12H19ClN2O/c1-9(16)12(15(4)14(2)3)10-5-7-11(13)8-6-10/h5-9,12,16H,1-4H3. The van der Waals surface area contributed by atoms with Crippen molar-refractivity contribution in [3.63, 3.8) is 0 Å². The summed E-state index contributed by atoms with van der Waals surface area (Å²) in [5.41, 5.74) is 1.05. The van der Waals surface area contributed by atoms with E-state index in [1.165, 1.54) is 0 Å². The largest absolute Gasteiger partial charge is 0.391 e. The molecule has 0 amide bonds. The van der Waals surface area contributed by atoms with Crippen LogP contribution in [-0.2, 0) is 0 Å². The van der Waals surface area contributed by atoms with Gasteiger partial charge in [-0.1, -0.05) is 23.7 Å². The quantitative estimate of drug-likeness (QED) is 0.820. The number of likely N-dealkylation sites (N-methyl/N-ethyl adjacent to an activating group) is 1. The summed E-state index contributed by atoms with van der Waals surface area (Å²) in [7, 11) is 5.85. The van der Waals surface area contributed by atoms with Gasteiger partial charge >= 0.3 is 0 Å². The van der Waals surface area contributed by atoms with Crippen LogP contribution < -0.4 is 0 Å². The second-order valence-corrected chi connectivity index (χ2v) is 4.59. The summed E-state index contributed by atoms with van der Waals surface area (Å²) in [4.78, 5) is 0. The summed E-state index contributed by atoms with van der Waals surface area (Å²) in [6, 6.07) is 7.51. The molecule has 2 unspecified atom stereocenters. The summed E-state index contributed by atoms with van der Waals surface area (Å²) in [6.45, 7) is 1.79. The molecule has 3 nitrogen and oxygen atoms in total. The van der Waals surface area contributed by atoms with Gasteiger partial charge in [-0.15, -0.1) is 0 Å². The number of nitrogens with zero attached hydrogens (tertiary/aromatic N) is 2. The molecular formula is C12H19ClN2O. The Morgan fingerprint density at radius 1 is 1.12 bits per heavy atom. The Labute approximate surface area is 102 Å². The van der Waals surface area contributed by atoms with Crippen molar-refractivity contribution in [2.24, 2.45) is 0 Å². The van der Waals surface area contributed by atoms with Crippen molar-refractivity contribution in [2.75, 3.05) is 21.1 Å². The fourth-order valence-electron chi connectivity index (χ4n) is 1.72. The fourth-order valence-corrected chi connectivity index (χ4v) is 1.84. The lowest BCUT2D eigenvalue weighted by molar-refractivity contribution is -0.0429. The van der Waals surface area contributed by atoms with Crippen molar-refractivity contribution in [3.05, 3.63) is 34.9 Å². The van der Waals surface area contributed by atoms with Crippen molar-refractivity contribution in [1.29, 1.82) is 0 Å². The van der Waals surface area contributed by atoms with E-state index in [0.717, 1.165) is 5.56 Å². The average Bonchev–Trinajstić information content (AvgIpc) is 2.20. The van der Waals surface area contributed by atoms with Crippen molar-refractivity contribution in [3.8, 4) is 0 Å². The van der Waals surface area contributed by atoms with E-state index in [1.54, 1.807) is 6.92 Å². The molecule has 0 aliphatic carbocycles. The van der Waals surface area contributed by atoms with Crippen LogP contribution in [0, 0.1) is 0 Å². The second-order valence-electron chi connectivity index (χ2n) is 4.16. The van der Waals surface area contributed by atoms with E-state index < -0.39 is 6.10 Å². The number of rotatable bonds is 4. The number of aliphatic hydroxyl groups excluding tert-OH is 1. The molecule has 0 heterocycles. The maximum atomic E-state index is 9.85. The van der Waals surface area contributed by atoms with E-state index in [9.17, 15) is 5.11 Å². The molecule has 0 saturated carbocycles. The minimum Gasteiger partial charge on any atom is -0.391 e. The molecule has 90 valence electrons. The highest BCUT2D eigenvalue weighted by Crippen LogP contribution is 2.25. The monoisotopic (exact) mass is 242 g/mol. The van der Waals surface area contributed by atoms with Crippen LogP contribution in [-0.4, -0.2) is 42.4 Å². The van der Waals surface area contributed by atoms with E-state index in [0.29, 0.717) is 5.02 Å². The Kier molecular flexibility index (Phi) is 4.74. The van der Waals surface area contributed by atoms with Crippen LogP contribution in [0.25, 0.3) is 0 Å². The highest BCUT2D eigenvalue weighted by molar-refractivity contribution is 6.30. The predicted octanol–water partition coefficient (Wildman–Crippen LogP) is 2.17. The van der Waals surface area contributed by atoms with Gasteiger partial charge in [0.2, 0.25) is 0 Å². The molecule has 0 bridgehead atoms. The molecule has 4 heteroatoms. The third-order valence-corrected chi connectivity index (χ3v) is 2.95. The van der Waals surface area contributed by atoms with E-state index in [-0.39, 0.29) is 6.04 Å². The van der Waals surface area contributed by atoms with Crippen LogP contribution in [0.1, 0.15) is 18.5 Å². The Morgan fingerprint density at radius 3 is 2.00 bits per heavy atom. The topological polar surface area (TPSA) is 26.7 Å². The molecule has 16 heavy (non-hydrogen) atoms. The summed E-state index contributed by atoms with van der Waals surface area (Å²) in [6.07, 6.45) is -0.450. The molecule has 0 aliphatic heterocycles. The Morgan fingerprint density at radius 2 is 1.62 bits per heavy atom. The van der Waals surface area contributed by atoms with Crippen LogP contribution in [0.15, 0.2) is 24.3 Å². The van der Waals surface area contributed by atoms with Crippen molar-refractivity contribution in [1.82, 2.24) is 10.0 Å². The molecular weight excluding hydrogens is 224 g/mol. The predicted molar refractivity (Wildman–Crippen MR) is 67.3 cm³/mol. The number of benzene rings is 1. The molecule has 1 aromatic carbocycles. The number of halogens is 1. The first-order valence-electron chi connectivity index (χ1n) is 5.27. The smallest absolute Gasteiger partial charge is 0.0748 e. The van der Waals surface area contributed by atoms with Gasteiger partial charge in [0.1, 0.15) is 0 Å². The van der Waals surface area contributed by atoms with Gasteiger partial charge in [-0.2, -0.15) is 0 Å². The average molecular weight is 243 g/mol. The summed E-state index contributed by atoms with van der Waals surface area (Å²) in [5, 5.41) is 14.5. The molecule has 0 fully saturated rings. The molecule has 0 aliphatic rings. The molecule has 2 atom stereocenters. The normalized spacial score (nSPS) is 15.5. The first kappa shape index (κ1) is 13.5. The summed E-state index contributed by atoms with van der Waals surface area (Å²) < 4.78 is 0. The third-order valence-electron chi connectivity index (χ3n) is 2.70. The molecule has 0 saturated heterocycles. The highest BCUT2D eigenvalue weighted by atomic mass is 35.5. The first-order chi connectivity index (χ1) is 7.43. The Balaban J connectivity index is 2.98. The van der Waals surface area contributed by atoms with E-state index in [1.807, 2.05) is 55.4 Å². The minimum absolute atomic E-state index is 0.0627. The Hall–Kier alpha value is -0.610. The van der Waals surface area contributed by atoms with Gasteiger partial charge in [-0.25, -0.2) is 10.0 Å². The van der Waals surface area contributed by atoms with E-state index in [2.05, 4.69) is 0 Å². The lowest BCUT2D eigenvalue weighted by atomic mass is 10.0. The Bertz CT molecular complexity index is 324. The molecule has 0 spiro atoms. The van der Waals surface area contributed by atoms with Gasteiger partial charge < -0.3 is 5.11 Å². The maximum absolute atomic E-state index is 9.85. The zero-order valence-electron chi connectivity index (χ0n) is 10.2. The van der Waals surface area contributed by atoms with E-state index >= 15 is 0 Å². The number of hydrogen-bond acceptors (Lipinski definition) is 3. The van der Waals surface area contributed by atoms with Gasteiger partial charge in [0.15, 0.2) is 0 Å². The lowest BCUT2D eigenvalue weighted by Crippen LogP contribution is -2.41. The van der Waals surface area contributed by atoms with Gasteiger partial charge in [-0.05, 0) is 24.6 Å². The van der Waals surface area contributed by atoms with Crippen molar-refractivity contribution < 1.29 is 5.11 Å². The molecule has 1 aromatic rings. The molecule has 0 aromatic heterocycles. The van der Waals surface area contributed by atoms with Crippen molar-refractivity contribution in [2.45, 2.75) is 19.1 Å². The number of hydrogen-bond donors (Lipinski definition) is 1. The van der Waals surface area contributed by atoms with Crippen LogP contribution >= 0.6 is 11.6 Å². The lowest BCUT2D eigenvalue weighted by Gasteiger charge is -2.35. The third kappa shape index (κ3) is 3.19. The van der Waals surface area contributed by atoms with Gasteiger partial charge in [0.05, 0.1) is 12.1 Å². The molecule has 1 rings (SSSR count). The van der Waals surface area contributed by atoms with Gasteiger partial charge in [0, 0.05) is 26.2 Å². The van der Waals surface area contributed by atoms with Crippen LogP contribution in [0.5, 0.6) is 0 Å². The zero-order valence-corrected chi connectivity index (χ0v) is 10.9. The minimum atomic E-state index is -0.450. The summed E-state index contributed by atoms with van der Waals surface area (Å²) >= 11 is 5.85. The van der Waals surface area contributed by atoms with Crippen LogP contribution in [0.3, 0.4) is 0 Å². The fraction of sp³-hybridized carbons (Fsp3) is 0.500. The van der Waals surface area contributed by atoms with Gasteiger partial charge in [-0.3, -0.25) is 0 Å². The van der Waals surface area contributed by atoms with Crippen LogP contribution in [0.4, 0.5) is 0 Å². The first-order valence-corrected chi connectivity index (χ1v) is 5.65. The molecule has 1 N–H and O–H groups in total. The highest BCUT2D eigenvalue weighted by Gasteiger charge is 2.23. The summed E-state index contributed by atoms with van der Waals surface area (Å²) in [5.74, 6) is 0.